The SMILES string of the molecule is O=C1NC(=O)[C@](CCC(=O)N2CCN3c4cc(Cl)c(Cl)cc4C[C@@H]3C2)(C2CC2)N1. The smallest absolute Gasteiger partial charge is 0.322 e. The van der Waals surface area contributed by atoms with Gasteiger partial charge in [-0.05, 0) is 49.3 Å². The molecule has 2 saturated heterocycles. The molecule has 3 heterocycles. The minimum Gasteiger partial charge on any atom is -0.364 e. The van der Waals surface area contributed by atoms with Crippen LogP contribution in [-0.2, 0) is 16.0 Å². The van der Waals surface area contributed by atoms with Gasteiger partial charge in [0.25, 0.3) is 5.91 Å². The molecule has 5 rings (SSSR count). The first-order chi connectivity index (χ1) is 13.9. The number of nitrogens with one attached hydrogen (secondary N) is 2. The van der Waals surface area contributed by atoms with E-state index in [0.29, 0.717) is 29.6 Å². The van der Waals surface area contributed by atoms with Crippen LogP contribution in [-0.4, -0.2) is 54.0 Å². The van der Waals surface area contributed by atoms with Crippen molar-refractivity contribution in [2.45, 2.75) is 43.7 Å². The van der Waals surface area contributed by atoms with Crippen molar-refractivity contribution in [2.75, 3.05) is 24.5 Å². The van der Waals surface area contributed by atoms with E-state index >= 15 is 0 Å². The number of fused-ring (bicyclic) bond motifs is 3. The molecular weight excluding hydrogens is 415 g/mol. The van der Waals surface area contributed by atoms with Gasteiger partial charge in [0.05, 0.1) is 16.1 Å². The number of rotatable bonds is 4. The Morgan fingerprint density at radius 3 is 2.62 bits per heavy atom. The van der Waals surface area contributed by atoms with Gasteiger partial charge < -0.3 is 15.1 Å². The van der Waals surface area contributed by atoms with Gasteiger partial charge in [0, 0.05) is 31.7 Å². The first kappa shape index (κ1) is 19.0. The predicted octanol–water partition coefficient (Wildman–Crippen LogP) is 2.34. The molecule has 9 heteroatoms. The average Bonchev–Trinajstić information content (AvgIpc) is 3.42. The van der Waals surface area contributed by atoms with Gasteiger partial charge in [-0.1, -0.05) is 23.2 Å². The lowest BCUT2D eigenvalue weighted by molar-refractivity contribution is -0.133. The van der Waals surface area contributed by atoms with E-state index in [-0.39, 0.29) is 30.2 Å². The fourth-order valence-corrected chi connectivity index (χ4v) is 5.39. The first-order valence-electron chi connectivity index (χ1n) is 10.0. The number of carbonyl (C=O) groups is 3. The second-order valence-electron chi connectivity index (χ2n) is 8.44. The number of anilines is 1. The average molecular weight is 437 g/mol. The van der Waals surface area contributed by atoms with Gasteiger partial charge >= 0.3 is 6.03 Å². The Bertz CT molecular complexity index is 919. The molecule has 0 unspecified atom stereocenters. The van der Waals surface area contributed by atoms with E-state index in [1.165, 1.54) is 0 Å². The maximum Gasteiger partial charge on any atom is 0.322 e. The quantitative estimate of drug-likeness (QED) is 0.709. The summed E-state index contributed by atoms with van der Waals surface area (Å²) >= 11 is 12.3. The van der Waals surface area contributed by atoms with Crippen LogP contribution in [0.2, 0.25) is 10.0 Å². The Labute approximate surface area is 178 Å². The molecule has 4 aliphatic rings. The van der Waals surface area contributed by atoms with Gasteiger partial charge in [0.15, 0.2) is 0 Å². The number of piperazine rings is 1. The lowest BCUT2D eigenvalue weighted by Crippen LogP contribution is -2.54. The molecule has 0 radical (unpaired) electrons. The number of benzene rings is 1. The minimum absolute atomic E-state index is 0.0330. The zero-order chi connectivity index (χ0) is 20.3. The summed E-state index contributed by atoms with van der Waals surface area (Å²) in [7, 11) is 0. The second kappa shape index (κ2) is 6.77. The molecule has 1 saturated carbocycles. The summed E-state index contributed by atoms with van der Waals surface area (Å²) in [6.45, 7) is 2.01. The zero-order valence-corrected chi connectivity index (χ0v) is 17.4. The molecule has 0 bridgehead atoms. The summed E-state index contributed by atoms with van der Waals surface area (Å²) in [6.07, 6.45) is 3.25. The van der Waals surface area contributed by atoms with Crippen molar-refractivity contribution in [2.24, 2.45) is 5.92 Å². The maximum absolute atomic E-state index is 12.9. The molecule has 1 aromatic rings. The van der Waals surface area contributed by atoms with E-state index in [1.807, 2.05) is 17.0 Å². The fraction of sp³-hybridized carbons (Fsp3) is 0.550. The fourth-order valence-electron chi connectivity index (χ4n) is 5.05. The summed E-state index contributed by atoms with van der Waals surface area (Å²) in [6, 6.07) is 3.59. The highest BCUT2D eigenvalue weighted by atomic mass is 35.5. The topological polar surface area (TPSA) is 81.8 Å². The maximum atomic E-state index is 12.9. The molecule has 3 fully saturated rings. The van der Waals surface area contributed by atoms with Gasteiger partial charge in [-0.2, -0.15) is 0 Å². The molecule has 0 aromatic heterocycles. The standard InChI is InChI=1S/C20H22Cl2N4O3/c21-14-8-11-7-13-10-25(5-6-26(13)16(11)9-15(14)22)17(27)3-4-20(12-1-2-12)18(28)23-19(29)24-20/h8-9,12-13H,1-7,10H2,(H2,23,24,28,29)/t13-,20+/m1/s1. The predicted molar refractivity (Wildman–Crippen MR) is 109 cm³/mol. The Balaban J connectivity index is 1.24. The van der Waals surface area contributed by atoms with Gasteiger partial charge in [0.1, 0.15) is 5.54 Å². The molecule has 7 nitrogen and oxygen atoms in total. The molecule has 1 aromatic carbocycles. The third-order valence-corrected chi connectivity index (χ3v) is 7.42. The highest BCUT2D eigenvalue weighted by Gasteiger charge is 2.55. The molecule has 29 heavy (non-hydrogen) atoms. The van der Waals surface area contributed by atoms with Crippen LogP contribution in [0.3, 0.4) is 0 Å². The monoisotopic (exact) mass is 436 g/mol. The van der Waals surface area contributed by atoms with Crippen LogP contribution < -0.4 is 15.5 Å². The lowest BCUT2D eigenvalue weighted by Gasteiger charge is -2.39. The van der Waals surface area contributed by atoms with Crippen LogP contribution in [0.4, 0.5) is 10.5 Å². The van der Waals surface area contributed by atoms with Crippen LogP contribution in [0.15, 0.2) is 12.1 Å². The number of halogens is 2. The van der Waals surface area contributed by atoms with E-state index in [9.17, 15) is 14.4 Å². The molecule has 2 N–H and O–H groups in total. The normalized spacial score (nSPS) is 28.1. The van der Waals surface area contributed by atoms with Crippen LogP contribution >= 0.6 is 23.2 Å². The van der Waals surface area contributed by atoms with Gasteiger partial charge in [-0.3, -0.25) is 14.9 Å². The van der Waals surface area contributed by atoms with E-state index in [1.54, 1.807) is 0 Å². The van der Waals surface area contributed by atoms with Gasteiger partial charge in [-0.15, -0.1) is 0 Å². The highest BCUT2D eigenvalue weighted by molar-refractivity contribution is 6.42. The van der Waals surface area contributed by atoms with Gasteiger partial charge in [-0.25, -0.2) is 4.79 Å². The Morgan fingerprint density at radius 2 is 1.93 bits per heavy atom. The number of imide groups is 1. The Morgan fingerprint density at radius 1 is 1.17 bits per heavy atom. The van der Waals surface area contributed by atoms with Crippen molar-refractivity contribution < 1.29 is 14.4 Å². The molecule has 0 spiro atoms. The summed E-state index contributed by atoms with van der Waals surface area (Å²) < 4.78 is 0. The molecule has 4 amide bonds. The number of hydrogen-bond acceptors (Lipinski definition) is 4. The molecule has 3 aliphatic heterocycles. The van der Waals surface area contributed by atoms with E-state index < -0.39 is 11.6 Å². The largest absolute Gasteiger partial charge is 0.364 e. The summed E-state index contributed by atoms with van der Waals surface area (Å²) in [5.74, 6) is -0.120. The van der Waals surface area contributed by atoms with E-state index in [0.717, 1.165) is 37.1 Å². The van der Waals surface area contributed by atoms with Crippen LogP contribution in [0.1, 0.15) is 31.2 Å². The number of hydrogen-bond donors (Lipinski definition) is 2. The minimum atomic E-state index is -0.911. The number of carbonyl (C=O) groups excluding carboxylic acids is 3. The lowest BCUT2D eigenvalue weighted by atomic mass is 9.87. The van der Waals surface area contributed by atoms with Crippen LogP contribution in [0.25, 0.3) is 0 Å². The Hall–Kier alpha value is -1.99. The summed E-state index contributed by atoms with van der Waals surface area (Å²) in [5, 5.41) is 6.24. The third kappa shape index (κ3) is 3.15. The van der Waals surface area contributed by atoms with Crippen LogP contribution in [0.5, 0.6) is 0 Å². The van der Waals surface area contributed by atoms with Crippen molar-refractivity contribution in [1.82, 2.24) is 15.5 Å². The number of nitrogens with zero attached hydrogens (tertiary/aromatic N) is 2. The van der Waals surface area contributed by atoms with Crippen molar-refractivity contribution >= 4 is 46.7 Å². The Kier molecular flexibility index (Phi) is 4.44. The second-order valence-corrected chi connectivity index (χ2v) is 9.25. The van der Waals surface area contributed by atoms with E-state index in [2.05, 4.69) is 15.5 Å². The molecule has 1 aliphatic carbocycles. The highest BCUT2D eigenvalue weighted by Crippen LogP contribution is 2.44. The van der Waals surface area contributed by atoms with Crippen LogP contribution in [0, 0.1) is 5.92 Å². The summed E-state index contributed by atoms with van der Waals surface area (Å²) in [5.41, 5.74) is 1.36. The molecule has 2 atom stereocenters. The molecule has 154 valence electrons. The van der Waals surface area contributed by atoms with Crippen molar-refractivity contribution in [1.29, 1.82) is 0 Å². The third-order valence-electron chi connectivity index (χ3n) is 6.70. The zero-order valence-electron chi connectivity index (χ0n) is 15.8. The van der Waals surface area contributed by atoms with Gasteiger partial charge in [0.2, 0.25) is 5.91 Å². The van der Waals surface area contributed by atoms with Crippen molar-refractivity contribution in [3.63, 3.8) is 0 Å². The van der Waals surface area contributed by atoms with E-state index in [4.69, 9.17) is 23.2 Å². The molecular formula is C20H22Cl2N4O3. The number of urea groups is 1. The summed E-state index contributed by atoms with van der Waals surface area (Å²) in [4.78, 5) is 41.1. The van der Waals surface area contributed by atoms with Crippen molar-refractivity contribution in [3.05, 3.63) is 27.7 Å². The van der Waals surface area contributed by atoms with Crippen molar-refractivity contribution in [3.8, 4) is 0 Å². The first-order valence-corrected chi connectivity index (χ1v) is 10.8. The number of amides is 4.